The molecule has 158 valence electrons. The van der Waals surface area contributed by atoms with Crippen LogP contribution in [0.4, 0.5) is 5.82 Å². The van der Waals surface area contributed by atoms with E-state index in [1.54, 1.807) is 6.33 Å². The summed E-state index contributed by atoms with van der Waals surface area (Å²) in [6.07, 6.45) is 9.96. The molecule has 2 heterocycles. The zero-order valence-electron chi connectivity index (χ0n) is 18.4. The van der Waals surface area contributed by atoms with Gasteiger partial charge >= 0.3 is 0 Å². The van der Waals surface area contributed by atoms with Crippen LogP contribution in [0.3, 0.4) is 0 Å². The Morgan fingerprint density at radius 2 is 2.00 bits per heavy atom. The molecule has 2 aromatic heterocycles. The molecule has 1 N–H and O–H groups in total. The van der Waals surface area contributed by atoms with Gasteiger partial charge in [-0.3, -0.25) is 0 Å². The van der Waals surface area contributed by atoms with Gasteiger partial charge in [-0.05, 0) is 31.9 Å². The first-order valence-corrected chi connectivity index (χ1v) is 10.7. The number of fused-ring (bicyclic) bond motifs is 1. The molecule has 0 aliphatic heterocycles. The SMILES string of the molecule is C=C(C)/C(=C\C=C/C)N=C(C(CC)N(C)c1ncnc2nc[nH]c12)N(C)I.CC. The number of imidazole rings is 1. The van der Waals surface area contributed by atoms with Crippen molar-refractivity contribution < 1.29 is 0 Å². The molecule has 0 radical (unpaired) electrons. The summed E-state index contributed by atoms with van der Waals surface area (Å²) in [6, 6.07) is 0.0154. The summed E-state index contributed by atoms with van der Waals surface area (Å²) in [5.41, 5.74) is 3.24. The predicted octanol–water partition coefficient (Wildman–Crippen LogP) is 5.31. The number of amidine groups is 1. The molecule has 0 aromatic carbocycles. The number of nitrogens with one attached hydrogen (secondary N) is 1. The summed E-state index contributed by atoms with van der Waals surface area (Å²) in [7, 11) is 4.01. The number of anilines is 1. The van der Waals surface area contributed by atoms with E-state index in [-0.39, 0.29) is 6.04 Å². The number of aromatic amines is 1. The Kier molecular flexibility index (Phi) is 10.6. The van der Waals surface area contributed by atoms with E-state index in [9.17, 15) is 0 Å². The van der Waals surface area contributed by atoms with Gasteiger partial charge in [-0.15, -0.1) is 0 Å². The fourth-order valence-corrected chi connectivity index (χ4v) is 3.16. The Bertz CT molecular complexity index is 880. The first kappa shape index (κ1) is 24.8. The monoisotopic (exact) mass is 509 g/mol. The van der Waals surface area contributed by atoms with Crippen LogP contribution in [0, 0.1) is 0 Å². The van der Waals surface area contributed by atoms with Gasteiger partial charge in [-0.2, -0.15) is 0 Å². The Hall–Kier alpha value is -2.23. The highest BCUT2D eigenvalue weighted by atomic mass is 127. The third-order valence-electron chi connectivity index (χ3n) is 4.12. The molecule has 29 heavy (non-hydrogen) atoms. The van der Waals surface area contributed by atoms with Crippen LogP contribution in [0.5, 0.6) is 0 Å². The largest absolute Gasteiger partial charge is 0.348 e. The molecule has 2 rings (SSSR count). The quantitative estimate of drug-likeness (QED) is 0.180. The summed E-state index contributed by atoms with van der Waals surface area (Å²) >= 11 is 2.26. The molecular weight excluding hydrogens is 477 g/mol. The third kappa shape index (κ3) is 6.38. The summed E-state index contributed by atoms with van der Waals surface area (Å²) < 4.78 is 2.01. The number of aliphatic imine (C=N–C) groups is 1. The van der Waals surface area contributed by atoms with Crippen LogP contribution in [0.15, 0.2) is 53.7 Å². The summed E-state index contributed by atoms with van der Waals surface area (Å²) in [5, 5.41) is 0. The van der Waals surface area contributed by atoms with E-state index in [4.69, 9.17) is 4.99 Å². The van der Waals surface area contributed by atoms with Crippen LogP contribution in [0.1, 0.15) is 41.0 Å². The standard InChI is InChI=1S/C19H26IN7.C2H6/c1-7-9-10-14(13(3)4)25-18(27(6)20)15(8-2)26(5)19-16-17(22-11-21-16)23-12-24-19;1-2/h7,9-12,15H,3,8H2,1-2,4-6H3,(H,21,22,23,24);1-2H3/b9-7-,14-10+,25-18?;. The maximum atomic E-state index is 4.93. The molecule has 0 aliphatic carbocycles. The van der Waals surface area contributed by atoms with E-state index in [1.165, 1.54) is 6.33 Å². The van der Waals surface area contributed by atoms with Crippen molar-refractivity contribution in [3.63, 3.8) is 0 Å². The van der Waals surface area contributed by atoms with Crippen molar-refractivity contribution in [2.75, 3.05) is 19.0 Å². The predicted molar refractivity (Wildman–Crippen MR) is 132 cm³/mol. The molecule has 0 bridgehead atoms. The van der Waals surface area contributed by atoms with Crippen molar-refractivity contribution >= 4 is 45.7 Å². The van der Waals surface area contributed by atoms with Crippen molar-refractivity contribution in [1.29, 1.82) is 0 Å². The first-order valence-electron chi connectivity index (χ1n) is 9.74. The number of hydrogen-bond acceptors (Lipinski definition) is 5. The number of allylic oxidation sites excluding steroid dienone is 4. The van der Waals surface area contributed by atoms with Gasteiger partial charge in [-0.1, -0.05) is 39.5 Å². The number of hydrogen-bond donors (Lipinski definition) is 1. The normalized spacial score (nSPS) is 13.2. The average Bonchev–Trinajstić information content (AvgIpc) is 3.20. The second-order valence-electron chi connectivity index (χ2n) is 6.14. The molecule has 7 nitrogen and oxygen atoms in total. The number of aromatic nitrogens is 4. The lowest BCUT2D eigenvalue weighted by molar-refractivity contribution is 0.692. The van der Waals surface area contributed by atoms with Gasteiger partial charge in [0.25, 0.3) is 0 Å². The minimum atomic E-state index is 0.0154. The molecule has 0 amide bonds. The minimum Gasteiger partial charge on any atom is -0.348 e. The fraction of sp³-hybridized carbons (Fsp3) is 0.429. The molecule has 0 fully saturated rings. The molecule has 0 aliphatic rings. The lowest BCUT2D eigenvalue weighted by atomic mass is 10.1. The van der Waals surface area contributed by atoms with Gasteiger partial charge in [0.15, 0.2) is 11.5 Å². The molecule has 0 saturated heterocycles. The van der Waals surface area contributed by atoms with Crippen molar-refractivity contribution in [2.24, 2.45) is 4.99 Å². The van der Waals surface area contributed by atoms with Gasteiger partial charge < -0.3 is 13.0 Å². The third-order valence-corrected chi connectivity index (χ3v) is 4.62. The number of nitrogens with zero attached hydrogens (tertiary/aromatic N) is 6. The number of H-pyrrole nitrogens is 1. The molecule has 8 heteroatoms. The Labute approximate surface area is 188 Å². The summed E-state index contributed by atoms with van der Waals surface area (Å²) in [4.78, 5) is 23.1. The minimum absolute atomic E-state index is 0.0154. The van der Waals surface area contributed by atoms with Crippen LogP contribution in [0.2, 0.25) is 0 Å². The maximum absolute atomic E-state index is 4.93. The van der Waals surface area contributed by atoms with E-state index in [1.807, 2.05) is 63.1 Å². The molecule has 0 spiro atoms. The van der Waals surface area contributed by atoms with E-state index in [0.717, 1.165) is 34.9 Å². The van der Waals surface area contributed by atoms with Crippen LogP contribution in [0.25, 0.3) is 11.2 Å². The van der Waals surface area contributed by atoms with Crippen LogP contribution in [-0.4, -0.2) is 49.0 Å². The summed E-state index contributed by atoms with van der Waals surface area (Å²) in [6.45, 7) is 14.1. The topological polar surface area (TPSA) is 73.3 Å². The average molecular weight is 509 g/mol. The van der Waals surface area contributed by atoms with Crippen molar-refractivity contribution in [3.8, 4) is 0 Å². The molecule has 1 atom stereocenters. The van der Waals surface area contributed by atoms with E-state index in [2.05, 4.69) is 61.2 Å². The molecular formula is C21H32IN7. The second kappa shape index (κ2) is 12.4. The van der Waals surface area contributed by atoms with Crippen LogP contribution >= 0.6 is 22.9 Å². The maximum Gasteiger partial charge on any atom is 0.182 e. The smallest absolute Gasteiger partial charge is 0.182 e. The number of likely N-dealkylation sites (N-methyl/N-ethyl adjacent to an activating group) is 2. The van der Waals surface area contributed by atoms with Gasteiger partial charge in [0, 0.05) is 14.1 Å². The summed E-state index contributed by atoms with van der Waals surface area (Å²) in [5.74, 6) is 1.72. The van der Waals surface area contributed by atoms with Crippen LogP contribution in [-0.2, 0) is 0 Å². The lowest BCUT2D eigenvalue weighted by Crippen LogP contribution is -2.43. The second-order valence-corrected chi connectivity index (χ2v) is 7.59. The molecule has 0 saturated carbocycles. The highest BCUT2D eigenvalue weighted by Crippen LogP contribution is 2.24. The number of rotatable bonds is 7. The van der Waals surface area contributed by atoms with Crippen molar-refractivity contribution in [3.05, 3.63) is 48.7 Å². The molecule has 2 aromatic rings. The Morgan fingerprint density at radius 3 is 2.55 bits per heavy atom. The fourth-order valence-electron chi connectivity index (χ4n) is 2.73. The zero-order valence-corrected chi connectivity index (χ0v) is 20.6. The van der Waals surface area contributed by atoms with E-state index >= 15 is 0 Å². The van der Waals surface area contributed by atoms with Gasteiger partial charge in [0.2, 0.25) is 0 Å². The number of halogens is 1. The molecule has 1 unspecified atom stereocenters. The van der Waals surface area contributed by atoms with Crippen LogP contribution < -0.4 is 4.90 Å². The highest BCUT2D eigenvalue weighted by Gasteiger charge is 2.25. The van der Waals surface area contributed by atoms with Gasteiger partial charge in [-0.25, -0.2) is 19.9 Å². The van der Waals surface area contributed by atoms with E-state index < -0.39 is 0 Å². The van der Waals surface area contributed by atoms with Crippen molar-refractivity contribution in [2.45, 2.75) is 47.1 Å². The van der Waals surface area contributed by atoms with Gasteiger partial charge in [0.1, 0.15) is 17.7 Å². The Balaban J connectivity index is 0.00000204. The highest BCUT2D eigenvalue weighted by molar-refractivity contribution is 14.1. The Morgan fingerprint density at radius 1 is 1.31 bits per heavy atom. The van der Waals surface area contributed by atoms with Gasteiger partial charge in [0.05, 0.1) is 40.9 Å². The first-order chi connectivity index (χ1) is 13.9. The lowest BCUT2D eigenvalue weighted by Gasteiger charge is -2.32. The van der Waals surface area contributed by atoms with E-state index in [0.29, 0.717) is 5.65 Å². The zero-order chi connectivity index (χ0) is 22.0. The van der Waals surface area contributed by atoms with Crippen molar-refractivity contribution in [1.82, 2.24) is 23.0 Å².